The fourth-order valence-electron chi connectivity index (χ4n) is 4.37. The van der Waals surface area contributed by atoms with Crippen LogP contribution < -0.4 is 20.1 Å². The van der Waals surface area contributed by atoms with Gasteiger partial charge >= 0.3 is 11.5 Å². The molecule has 2 aromatic rings. The first kappa shape index (κ1) is 15.2. The van der Waals surface area contributed by atoms with Crippen LogP contribution in [0.25, 0.3) is 11.1 Å². The van der Waals surface area contributed by atoms with E-state index in [-0.39, 0.29) is 11.4 Å². The van der Waals surface area contributed by atoms with Gasteiger partial charge in [0.1, 0.15) is 0 Å². The van der Waals surface area contributed by atoms with Gasteiger partial charge in [0, 0.05) is 18.7 Å². The Balaban J connectivity index is 2.07. The van der Waals surface area contributed by atoms with Gasteiger partial charge in [-0.3, -0.25) is 9.69 Å². The molecule has 126 valence electrons. The first-order chi connectivity index (χ1) is 11.5. The first-order valence-electron chi connectivity index (χ1n) is 8.70. The van der Waals surface area contributed by atoms with Gasteiger partial charge in [-0.25, -0.2) is 4.57 Å². The van der Waals surface area contributed by atoms with Gasteiger partial charge in [0.05, 0.1) is 31.7 Å². The number of nitrogens with zero attached hydrogens (tertiary/aromatic N) is 3. The highest BCUT2D eigenvalue weighted by Gasteiger charge is 2.34. The van der Waals surface area contributed by atoms with Crippen molar-refractivity contribution in [3.05, 3.63) is 39.2 Å². The van der Waals surface area contributed by atoms with E-state index in [1.165, 1.54) is 0 Å². The van der Waals surface area contributed by atoms with Gasteiger partial charge in [-0.15, -0.1) is 0 Å². The largest absolute Gasteiger partial charge is 0.848 e. The fourth-order valence-corrected chi connectivity index (χ4v) is 4.37. The predicted octanol–water partition coefficient (Wildman–Crippen LogP) is 1.42. The molecule has 5 nitrogen and oxygen atoms in total. The van der Waals surface area contributed by atoms with Crippen LogP contribution in [0.4, 0.5) is 5.95 Å². The van der Waals surface area contributed by atoms with Crippen molar-refractivity contribution in [2.45, 2.75) is 46.7 Å². The lowest BCUT2D eigenvalue weighted by Crippen LogP contribution is -2.57. The third kappa shape index (κ3) is 2.07. The number of hydrogen-bond donors (Lipinski definition) is 0. The van der Waals surface area contributed by atoms with Gasteiger partial charge in [-0.05, 0) is 37.5 Å². The molecule has 0 aliphatic carbocycles. The molecule has 0 bridgehead atoms. The van der Waals surface area contributed by atoms with Crippen LogP contribution in [-0.4, -0.2) is 17.7 Å². The number of rotatable bonds is 1. The topological polar surface area (TPSA) is 52.2 Å². The third-order valence-electron chi connectivity index (χ3n) is 5.23. The lowest BCUT2D eigenvalue weighted by molar-refractivity contribution is -0.730. The molecule has 0 spiro atoms. The van der Waals surface area contributed by atoms with Crippen LogP contribution in [0.1, 0.15) is 29.5 Å². The van der Waals surface area contributed by atoms with E-state index in [0.717, 1.165) is 54.1 Å². The Morgan fingerprint density at radius 3 is 2.38 bits per heavy atom. The minimum atomic E-state index is -0.132. The van der Waals surface area contributed by atoms with Crippen molar-refractivity contribution in [1.29, 1.82) is 0 Å². The zero-order valence-electron chi connectivity index (χ0n) is 14.6. The second-order valence-electron chi connectivity index (χ2n) is 7.06. The Bertz CT molecular complexity index is 873. The zero-order chi connectivity index (χ0) is 17.0. The summed E-state index contributed by atoms with van der Waals surface area (Å²) >= 11 is 0. The quantitative estimate of drug-likeness (QED) is 0.745. The Morgan fingerprint density at radius 2 is 1.67 bits per heavy atom. The molecule has 2 aliphatic rings. The monoisotopic (exact) mass is 325 g/mol. The maximum absolute atomic E-state index is 13.2. The molecule has 0 atom stereocenters. The molecule has 4 rings (SSSR count). The van der Waals surface area contributed by atoms with Gasteiger partial charge in [-0.2, -0.15) is 4.57 Å². The average molecular weight is 325 g/mol. The van der Waals surface area contributed by atoms with E-state index in [2.05, 4.69) is 4.90 Å². The molecule has 0 saturated carbocycles. The van der Waals surface area contributed by atoms with E-state index in [9.17, 15) is 9.90 Å². The minimum absolute atomic E-state index is 0.132. The molecule has 5 heteroatoms. The van der Waals surface area contributed by atoms with Crippen LogP contribution in [0, 0.1) is 20.8 Å². The maximum Gasteiger partial charge on any atom is 0.362 e. The van der Waals surface area contributed by atoms with E-state index in [0.29, 0.717) is 18.7 Å². The number of anilines is 1. The smallest absolute Gasteiger partial charge is 0.362 e. The Hall–Kier alpha value is -2.30. The summed E-state index contributed by atoms with van der Waals surface area (Å²) in [5.74, 6) is 0.682. The van der Waals surface area contributed by atoms with Gasteiger partial charge < -0.3 is 5.11 Å². The van der Waals surface area contributed by atoms with Crippen molar-refractivity contribution >= 4 is 5.95 Å². The molecule has 24 heavy (non-hydrogen) atoms. The van der Waals surface area contributed by atoms with Crippen LogP contribution in [0.2, 0.25) is 0 Å². The highest BCUT2D eigenvalue weighted by atomic mass is 16.3. The summed E-state index contributed by atoms with van der Waals surface area (Å²) in [6.07, 6.45) is 1.91. The van der Waals surface area contributed by atoms with Crippen LogP contribution >= 0.6 is 0 Å². The van der Waals surface area contributed by atoms with Gasteiger partial charge in [0.2, 0.25) is 0 Å². The molecule has 1 aromatic carbocycles. The molecule has 0 fully saturated rings. The van der Waals surface area contributed by atoms with E-state index >= 15 is 0 Å². The number of aryl methyl sites for hydroxylation is 3. The zero-order valence-corrected chi connectivity index (χ0v) is 14.6. The molecule has 0 radical (unpaired) electrons. The Kier molecular flexibility index (Phi) is 3.41. The summed E-state index contributed by atoms with van der Waals surface area (Å²) in [5, 5.41) is 13.2. The van der Waals surface area contributed by atoms with Crippen LogP contribution in [0.15, 0.2) is 16.9 Å². The van der Waals surface area contributed by atoms with Crippen molar-refractivity contribution < 1.29 is 9.67 Å². The SMILES string of the molecule is Cc1cc(C)c(-c2c([O-])[n+]3c4n(c2=O)CCCN4CCC3)c(C)c1. The molecule has 2 aliphatic heterocycles. The first-order valence-corrected chi connectivity index (χ1v) is 8.70. The van der Waals surface area contributed by atoms with Gasteiger partial charge in [0.15, 0.2) is 0 Å². The second kappa shape index (κ2) is 5.36. The van der Waals surface area contributed by atoms with E-state index in [4.69, 9.17) is 0 Å². The second-order valence-corrected chi connectivity index (χ2v) is 7.06. The highest BCUT2D eigenvalue weighted by molar-refractivity contribution is 5.73. The summed E-state index contributed by atoms with van der Waals surface area (Å²) in [7, 11) is 0. The lowest BCUT2D eigenvalue weighted by atomic mass is 9.94. The van der Waals surface area contributed by atoms with Crippen LogP contribution in [0.3, 0.4) is 0 Å². The number of aromatic nitrogens is 2. The molecule has 0 N–H and O–H groups in total. The number of benzene rings is 1. The summed E-state index contributed by atoms with van der Waals surface area (Å²) in [5.41, 5.74) is 4.18. The highest BCUT2D eigenvalue weighted by Crippen LogP contribution is 2.32. The molecule has 1 aromatic heterocycles. The average Bonchev–Trinajstić information content (AvgIpc) is 2.54. The molecule has 0 unspecified atom stereocenters. The van der Waals surface area contributed by atoms with Crippen molar-refractivity contribution in [3.8, 4) is 17.0 Å². The predicted molar refractivity (Wildman–Crippen MR) is 91.4 cm³/mol. The molecule has 0 amide bonds. The standard InChI is InChI=1S/C19H23N3O2/c1-12-10-13(2)15(14(3)11-12)16-17(23)21-8-4-6-20-7-5-9-22(18(16)24)19(20)21/h10-11H,4-9H2,1-3H3. The normalized spacial score (nSPS) is 16.2. The lowest BCUT2D eigenvalue weighted by Gasteiger charge is -2.34. The minimum Gasteiger partial charge on any atom is -0.848 e. The summed E-state index contributed by atoms with van der Waals surface area (Å²) in [6, 6.07) is 4.10. The third-order valence-corrected chi connectivity index (χ3v) is 5.23. The van der Waals surface area contributed by atoms with Crippen molar-refractivity contribution in [2.75, 3.05) is 18.0 Å². The van der Waals surface area contributed by atoms with Crippen LogP contribution in [-0.2, 0) is 13.1 Å². The van der Waals surface area contributed by atoms with E-state index in [1.807, 2.05) is 42.0 Å². The van der Waals surface area contributed by atoms with E-state index in [1.54, 1.807) is 0 Å². The summed E-state index contributed by atoms with van der Waals surface area (Å²) < 4.78 is 3.64. The maximum atomic E-state index is 13.2. The molecular weight excluding hydrogens is 302 g/mol. The van der Waals surface area contributed by atoms with Gasteiger partial charge in [0.25, 0.3) is 0 Å². The van der Waals surface area contributed by atoms with Crippen molar-refractivity contribution in [1.82, 2.24) is 4.57 Å². The summed E-state index contributed by atoms with van der Waals surface area (Å²) in [4.78, 5) is 15.4. The Morgan fingerprint density at radius 1 is 1.00 bits per heavy atom. The fraction of sp³-hybridized carbons (Fsp3) is 0.474. The van der Waals surface area contributed by atoms with Crippen molar-refractivity contribution in [3.63, 3.8) is 0 Å². The molecular formula is C19H23N3O2. The van der Waals surface area contributed by atoms with E-state index < -0.39 is 0 Å². The molecule has 3 heterocycles. The van der Waals surface area contributed by atoms with Crippen LogP contribution in [0.5, 0.6) is 5.88 Å². The molecule has 0 saturated heterocycles. The van der Waals surface area contributed by atoms with Crippen molar-refractivity contribution in [2.24, 2.45) is 0 Å². The summed E-state index contributed by atoms with van der Waals surface area (Å²) in [6.45, 7) is 9.27. The number of hydrogen-bond acceptors (Lipinski definition) is 3. The van der Waals surface area contributed by atoms with Gasteiger partial charge in [-0.1, -0.05) is 17.7 Å². The Labute approximate surface area is 141 Å².